The van der Waals surface area contributed by atoms with E-state index in [1.54, 1.807) is 11.3 Å². The van der Waals surface area contributed by atoms with Gasteiger partial charge in [0.25, 0.3) is 0 Å². The summed E-state index contributed by atoms with van der Waals surface area (Å²) < 4.78 is 21.0. The summed E-state index contributed by atoms with van der Waals surface area (Å²) in [6.45, 7) is 5.85. The number of thiophene rings is 1. The Bertz CT molecular complexity index is 1720. The first-order valence-corrected chi connectivity index (χ1v) is 12.1. The van der Waals surface area contributed by atoms with E-state index in [1.807, 2.05) is 51.1 Å². The minimum absolute atomic E-state index is 0.519. The lowest BCUT2D eigenvalue weighted by atomic mass is 9.88. The SMILES string of the molecule is [2H]C([2H])(c1ccc2scc(-c3nc4ccccc4n3-c3ccc4ccccc4c3)c2c1)C(C)(C)C. The van der Waals surface area contributed by atoms with Crippen molar-refractivity contribution in [3.05, 3.63) is 95.9 Å². The molecule has 0 spiro atoms. The fourth-order valence-corrected chi connectivity index (χ4v) is 5.42. The maximum Gasteiger partial charge on any atom is 0.147 e. The van der Waals surface area contributed by atoms with E-state index in [2.05, 4.69) is 64.5 Å². The zero-order chi connectivity index (χ0) is 24.4. The minimum atomic E-state index is -1.46. The van der Waals surface area contributed by atoms with Crippen LogP contribution >= 0.6 is 11.3 Å². The van der Waals surface area contributed by atoms with E-state index in [4.69, 9.17) is 7.73 Å². The van der Waals surface area contributed by atoms with E-state index in [0.29, 0.717) is 5.56 Å². The molecule has 6 aromatic rings. The van der Waals surface area contributed by atoms with Crippen LogP contribution in [-0.4, -0.2) is 9.55 Å². The second-order valence-electron chi connectivity index (χ2n) is 9.53. The van der Waals surface area contributed by atoms with Crippen molar-refractivity contribution in [2.45, 2.75) is 27.1 Å². The lowest BCUT2D eigenvalue weighted by molar-refractivity contribution is 0.411. The Hall–Kier alpha value is -3.43. The molecule has 0 radical (unpaired) electrons. The molecule has 6 rings (SSSR count). The van der Waals surface area contributed by atoms with E-state index in [0.717, 1.165) is 38.2 Å². The fourth-order valence-electron chi connectivity index (χ4n) is 4.50. The van der Waals surface area contributed by atoms with Crippen molar-refractivity contribution in [2.75, 3.05) is 0 Å². The molecule has 0 aliphatic rings. The van der Waals surface area contributed by atoms with Gasteiger partial charge in [0.2, 0.25) is 0 Å². The van der Waals surface area contributed by atoms with Gasteiger partial charge in [-0.2, -0.15) is 0 Å². The van der Waals surface area contributed by atoms with Crippen LogP contribution in [0.2, 0.25) is 0 Å². The number of fused-ring (bicyclic) bond motifs is 3. The van der Waals surface area contributed by atoms with Crippen LogP contribution in [0, 0.1) is 5.41 Å². The summed E-state index contributed by atoms with van der Waals surface area (Å²) in [7, 11) is 0. The van der Waals surface area contributed by atoms with Gasteiger partial charge in [-0.15, -0.1) is 11.3 Å². The van der Waals surface area contributed by atoms with Gasteiger partial charge in [-0.05, 0) is 64.5 Å². The predicted molar refractivity (Wildman–Crippen MR) is 143 cm³/mol. The number of imidazole rings is 1. The lowest BCUT2D eigenvalue weighted by Gasteiger charge is -2.18. The maximum atomic E-state index is 8.81. The van der Waals surface area contributed by atoms with Gasteiger partial charge in [0, 0.05) is 29.5 Å². The molecule has 2 aromatic heterocycles. The molecule has 0 bridgehead atoms. The topological polar surface area (TPSA) is 17.8 Å². The van der Waals surface area contributed by atoms with E-state index in [9.17, 15) is 0 Å². The van der Waals surface area contributed by atoms with E-state index < -0.39 is 11.8 Å². The molecule has 2 nitrogen and oxygen atoms in total. The fraction of sp³-hybridized carbons (Fsp3) is 0.167. The smallest absolute Gasteiger partial charge is 0.147 e. The Morgan fingerprint density at radius 3 is 2.52 bits per heavy atom. The molecule has 0 fully saturated rings. The highest BCUT2D eigenvalue weighted by Gasteiger charge is 2.19. The van der Waals surface area contributed by atoms with E-state index in [1.165, 1.54) is 10.8 Å². The van der Waals surface area contributed by atoms with Crippen LogP contribution < -0.4 is 0 Å². The second kappa shape index (κ2) is 7.57. The van der Waals surface area contributed by atoms with Crippen molar-refractivity contribution in [3.8, 4) is 17.1 Å². The third-order valence-corrected chi connectivity index (χ3v) is 6.85. The summed E-state index contributed by atoms with van der Waals surface area (Å²) in [6, 6.07) is 29.1. The van der Waals surface area contributed by atoms with Crippen LogP contribution in [0.25, 0.3) is 49.0 Å². The Morgan fingerprint density at radius 1 is 0.879 bits per heavy atom. The first kappa shape index (κ1) is 18.0. The lowest BCUT2D eigenvalue weighted by Crippen LogP contribution is -2.08. The van der Waals surface area contributed by atoms with Crippen molar-refractivity contribution >= 4 is 43.2 Å². The molecule has 2 heterocycles. The number of aromatic nitrogens is 2. The molecule has 4 aromatic carbocycles. The molecule has 162 valence electrons. The van der Waals surface area contributed by atoms with Gasteiger partial charge < -0.3 is 0 Å². The highest BCUT2D eigenvalue weighted by atomic mass is 32.1. The largest absolute Gasteiger partial charge is 0.292 e. The zero-order valence-electron chi connectivity index (χ0n) is 21.0. The van der Waals surface area contributed by atoms with Crippen LogP contribution in [0.4, 0.5) is 0 Å². The Labute approximate surface area is 201 Å². The van der Waals surface area contributed by atoms with Crippen molar-refractivity contribution in [2.24, 2.45) is 5.41 Å². The molecule has 0 aliphatic heterocycles. The average Bonchev–Trinajstić information content (AvgIpc) is 3.43. The number of rotatable bonds is 3. The molecule has 0 unspecified atom stereocenters. The van der Waals surface area contributed by atoms with Gasteiger partial charge in [0.05, 0.1) is 11.0 Å². The average molecular weight is 449 g/mol. The van der Waals surface area contributed by atoms with E-state index in [-0.39, 0.29) is 0 Å². The number of hydrogen-bond donors (Lipinski definition) is 0. The quantitative estimate of drug-likeness (QED) is 0.265. The molecule has 0 saturated carbocycles. The van der Waals surface area contributed by atoms with Crippen LogP contribution in [-0.2, 0) is 6.37 Å². The minimum Gasteiger partial charge on any atom is -0.292 e. The molecule has 0 N–H and O–H groups in total. The third-order valence-electron chi connectivity index (χ3n) is 5.89. The molecule has 0 atom stereocenters. The van der Waals surface area contributed by atoms with Gasteiger partial charge in [0.1, 0.15) is 5.82 Å². The van der Waals surface area contributed by atoms with Crippen LogP contribution in [0.1, 0.15) is 29.1 Å². The van der Waals surface area contributed by atoms with Crippen molar-refractivity contribution in [1.82, 2.24) is 9.55 Å². The molecular weight excluding hydrogens is 420 g/mol. The molecule has 0 aliphatic carbocycles. The summed E-state index contributed by atoms with van der Waals surface area (Å²) in [5, 5.41) is 5.58. The van der Waals surface area contributed by atoms with Gasteiger partial charge in [-0.25, -0.2) is 4.98 Å². The highest BCUT2D eigenvalue weighted by Crippen LogP contribution is 2.38. The molecule has 3 heteroatoms. The first-order chi connectivity index (χ1) is 16.7. The van der Waals surface area contributed by atoms with Crippen LogP contribution in [0.5, 0.6) is 0 Å². The number of benzene rings is 4. The van der Waals surface area contributed by atoms with Gasteiger partial charge in [-0.1, -0.05) is 69.3 Å². The Kier molecular flexibility index (Phi) is 4.14. The summed E-state index contributed by atoms with van der Waals surface area (Å²) in [5.74, 6) is 0.876. The Morgan fingerprint density at radius 2 is 1.67 bits per heavy atom. The van der Waals surface area contributed by atoms with Crippen molar-refractivity contribution < 1.29 is 2.74 Å². The summed E-state index contributed by atoms with van der Waals surface area (Å²) in [6.07, 6.45) is -1.46. The maximum absolute atomic E-state index is 8.81. The first-order valence-electron chi connectivity index (χ1n) is 12.2. The molecule has 0 saturated heterocycles. The number of hydrogen-bond acceptors (Lipinski definition) is 2. The van der Waals surface area contributed by atoms with Crippen molar-refractivity contribution in [3.63, 3.8) is 0 Å². The van der Waals surface area contributed by atoms with Crippen molar-refractivity contribution in [1.29, 1.82) is 0 Å². The number of nitrogens with zero attached hydrogens (tertiary/aromatic N) is 2. The van der Waals surface area contributed by atoms with Gasteiger partial charge >= 0.3 is 0 Å². The normalized spacial score (nSPS) is 13.5. The summed E-state index contributed by atoms with van der Waals surface area (Å²) in [5.41, 5.74) is 4.27. The monoisotopic (exact) mass is 448 g/mol. The predicted octanol–water partition coefficient (Wildman–Crippen LogP) is 8.65. The number of para-hydroxylation sites is 2. The third kappa shape index (κ3) is 3.63. The Balaban J connectivity index is 1.62. The van der Waals surface area contributed by atoms with Gasteiger partial charge in [0.15, 0.2) is 0 Å². The summed E-state index contributed by atoms with van der Waals surface area (Å²) in [4.78, 5) is 5.08. The molecular formula is C30H26N2S. The van der Waals surface area contributed by atoms with Crippen LogP contribution in [0.15, 0.2) is 90.3 Å². The zero-order valence-corrected chi connectivity index (χ0v) is 19.8. The second-order valence-corrected chi connectivity index (χ2v) is 10.4. The van der Waals surface area contributed by atoms with E-state index >= 15 is 0 Å². The summed E-state index contributed by atoms with van der Waals surface area (Å²) >= 11 is 1.68. The van der Waals surface area contributed by atoms with Gasteiger partial charge in [-0.3, -0.25) is 4.57 Å². The highest BCUT2D eigenvalue weighted by molar-refractivity contribution is 7.17. The molecule has 33 heavy (non-hydrogen) atoms. The van der Waals surface area contributed by atoms with Crippen LogP contribution in [0.3, 0.4) is 0 Å². The molecule has 0 amide bonds. The standard InChI is InChI=1S/C30H26N2S/c1-30(2,3)18-20-12-15-28-24(16-20)25(19-33-28)29-31-26-10-6-7-11-27(26)32(29)23-14-13-21-8-4-5-9-22(21)17-23/h4-17,19H,18H2,1-3H3/i18D2.